The van der Waals surface area contributed by atoms with Crippen LogP contribution in [0.15, 0.2) is 42.0 Å². The second-order valence-electron chi connectivity index (χ2n) is 10.7. The van der Waals surface area contributed by atoms with Crippen LogP contribution < -0.4 is 10.6 Å². The molecule has 4 rings (SSSR count). The van der Waals surface area contributed by atoms with E-state index in [4.69, 9.17) is 9.47 Å². The summed E-state index contributed by atoms with van der Waals surface area (Å²) in [7, 11) is 0. The lowest BCUT2D eigenvalue weighted by Gasteiger charge is -2.20. The number of amides is 2. The number of nitrogens with zero attached hydrogens (tertiary/aromatic N) is 3. The van der Waals surface area contributed by atoms with Gasteiger partial charge in [0.05, 0.1) is 42.7 Å². The van der Waals surface area contributed by atoms with Gasteiger partial charge in [-0.05, 0) is 64.2 Å². The van der Waals surface area contributed by atoms with Crippen LogP contribution in [0.5, 0.6) is 0 Å². The average molecular weight is 584 g/mol. The van der Waals surface area contributed by atoms with E-state index in [2.05, 4.69) is 55.2 Å². The Labute approximate surface area is 248 Å². The quantitative estimate of drug-likeness (QED) is 0.260. The molecule has 1 aliphatic heterocycles. The van der Waals surface area contributed by atoms with Crippen LogP contribution in [0, 0.1) is 12.8 Å². The Morgan fingerprint density at radius 2 is 1.93 bits per heavy atom. The minimum atomic E-state index is -0.333. The van der Waals surface area contributed by atoms with Crippen molar-refractivity contribution < 1.29 is 19.1 Å². The van der Waals surface area contributed by atoms with Crippen molar-refractivity contribution >= 4 is 28.3 Å². The summed E-state index contributed by atoms with van der Waals surface area (Å²) in [6.45, 7) is 14.2. The zero-order chi connectivity index (χ0) is 29.8. The van der Waals surface area contributed by atoms with Crippen molar-refractivity contribution in [2.45, 2.75) is 85.5 Å². The number of hydrogen-bond donors (Lipinski definition) is 2. The highest BCUT2D eigenvalue weighted by Gasteiger charge is 2.19. The summed E-state index contributed by atoms with van der Waals surface area (Å²) < 4.78 is 13.1. The lowest BCUT2D eigenvalue weighted by atomic mass is 10.0. The van der Waals surface area contributed by atoms with Crippen LogP contribution in [0.3, 0.4) is 0 Å². The highest BCUT2D eigenvalue weighted by Crippen LogP contribution is 2.23. The predicted octanol–water partition coefficient (Wildman–Crippen LogP) is 6.27. The fourth-order valence-electron chi connectivity index (χ4n) is 4.37. The number of pyridine rings is 1. The van der Waals surface area contributed by atoms with Gasteiger partial charge in [-0.25, -0.2) is 4.98 Å². The molecule has 9 nitrogen and oxygen atoms in total. The van der Waals surface area contributed by atoms with Gasteiger partial charge in [0.1, 0.15) is 5.69 Å². The maximum absolute atomic E-state index is 12.3. The summed E-state index contributed by atoms with van der Waals surface area (Å²) in [4.78, 5) is 33.3. The average Bonchev–Trinajstić information content (AvgIpc) is 3.74. The topological polar surface area (TPSA) is 107 Å². The van der Waals surface area contributed by atoms with Gasteiger partial charge in [-0.15, -0.1) is 11.3 Å². The van der Waals surface area contributed by atoms with Crippen molar-refractivity contribution in [3.05, 3.63) is 53.3 Å². The van der Waals surface area contributed by atoms with E-state index < -0.39 is 0 Å². The molecule has 1 saturated heterocycles. The van der Waals surface area contributed by atoms with E-state index in [1.165, 1.54) is 24.2 Å². The van der Waals surface area contributed by atoms with Crippen molar-refractivity contribution in [1.29, 1.82) is 0 Å². The summed E-state index contributed by atoms with van der Waals surface area (Å²) in [6.07, 6.45) is 9.00. The summed E-state index contributed by atoms with van der Waals surface area (Å²) in [6, 6.07) is 7.71. The SMILES string of the molecule is CCC(C)CC(C)OC(C)CC.Cc1cccc(-c2csc(NC(=O)CNC(=O)c3ccn(C4CCOC4)c3)n2)n1. The van der Waals surface area contributed by atoms with Crippen LogP contribution in [-0.2, 0) is 14.3 Å². The fourth-order valence-corrected chi connectivity index (χ4v) is 5.09. The molecule has 2 N–H and O–H groups in total. The second-order valence-corrected chi connectivity index (χ2v) is 11.6. The number of nitrogens with one attached hydrogen (secondary N) is 2. The molecule has 0 aromatic carbocycles. The molecular weight excluding hydrogens is 538 g/mol. The standard InChI is InChI=1S/C20H21N5O3S.C11H24O/c1-13-3-2-4-16(22-13)17-12-29-20(23-17)24-18(26)9-21-19(27)14-5-7-25(10-14)15-6-8-28-11-15;1-6-9(3)8-11(5)12-10(4)7-2/h2-5,7,10,12,15H,6,8-9,11H2,1H3,(H,21,27)(H,23,24,26);9-11H,6-8H2,1-5H3. The number of ether oxygens (including phenoxy) is 2. The van der Waals surface area contributed by atoms with E-state index in [0.29, 0.717) is 35.2 Å². The van der Waals surface area contributed by atoms with Gasteiger partial charge in [-0.2, -0.15) is 0 Å². The monoisotopic (exact) mass is 583 g/mol. The fraction of sp³-hybridized carbons (Fsp3) is 0.548. The molecule has 0 aliphatic carbocycles. The molecular formula is C31H45N5O4S. The van der Waals surface area contributed by atoms with Crippen molar-refractivity contribution in [2.75, 3.05) is 25.1 Å². The molecule has 4 heterocycles. The predicted molar refractivity (Wildman–Crippen MR) is 164 cm³/mol. The van der Waals surface area contributed by atoms with Crippen LogP contribution in [0.1, 0.15) is 82.4 Å². The normalized spacial score (nSPS) is 16.8. The van der Waals surface area contributed by atoms with Crippen molar-refractivity contribution in [3.63, 3.8) is 0 Å². The molecule has 2 amide bonds. The molecule has 1 aliphatic rings. The number of anilines is 1. The number of carbonyl (C=O) groups is 2. The zero-order valence-electron chi connectivity index (χ0n) is 25.2. The largest absolute Gasteiger partial charge is 0.379 e. The highest BCUT2D eigenvalue weighted by atomic mass is 32.1. The Morgan fingerprint density at radius 1 is 1.12 bits per heavy atom. The Balaban J connectivity index is 0.000000327. The summed E-state index contributed by atoms with van der Waals surface area (Å²) in [5.41, 5.74) is 2.88. The first-order chi connectivity index (χ1) is 19.7. The van der Waals surface area contributed by atoms with Crippen molar-refractivity contribution in [2.24, 2.45) is 5.92 Å². The van der Waals surface area contributed by atoms with E-state index in [1.54, 1.807) is 12.3 Å². The number of carbonyl (C=O) groups excluding carboxylic acids is 2. The zero-order valence-corrected chi connectivity index (χ0v) is 26.0. The van der Waals surface area contributed by atoms with Crippen molar-refractivity contribution in [3.8, 4) is 11.4 Å². The van der Waals surface area contributed by atoms with Crippen LogP contribution in [0.4, 0.5) is 5.13 Å². The molecule has 0 radical (unpaired) electrons. The van der Waals surface area contributed by atoms with Gasteiger partial charge in [0.15, 0.2) is 5.13 Å². The molecule has 10 heteroatoms. The lowest BCUT2D eigenvalue weighted by Crippen LogP contribution is -2.32. The van der Waals surface area contributed by atoms with Gasteiger partial charge < -0.3 is 24.7 Å². The van der Waals surface area contributed by atoms with Gasteiger partial charge in [-0.3, -0.25) is 14.6 Å². The Morgan fingerprint density at radius 3 is 2.61 bits per heavy atom. The molecule has 41 heavy (non-hydrogen) atoms. The number of thiazole rings is 1. The molecule has 4 atom stereocenters. The third-order valence-electron chi connectivity index (χ3n) is 7.09. The molecule has 3 aromatic rings. The maximum atomic E-state index is 12.3. The van der Waals surface area contributed by atoms with Crippen LogP contribution >= 0.6 is 11.3 Å². The third kappa shape index (κ3) is 10.7. The minimum absolute atomic E-state index is 0.131. The molecule has 224 valence electrons. The van der Waals surface area contributed by atoms with Gasteiger partial charge in [0.25, 0.3) is 5.91 Å². The first-order valence-corrected chi connectivity index (χ1v) is 15.4. The number of rotatable bonds is 12. The van der Waals surface area contributed by atoms with E-state index >= 15 is 0 Å². The first-order valence-electron chi connectivity index (χ1n) is 14.6. The molecule has 1 fully saturated rings. The Bertz CT molecular complexity index is 1220. The van der Waals surface area contributed by atoms with Crippen LogP contribution in [-0.4, -0.2) is 58.3 Å². The molecule has 3 aromatic heterocycles. The van der Waals surface area contributed by atoms with Gasteiger partial charge in [-0.1, -0.05) is 33.3 Å². The van der Waals surface area contributed by atoms with E-state index in [0.717, 1.165) is 36.8 Å². The van der Waals surface area contributed by atoms with Crippen LogP contribution in [0.25, 0.3) is 11.4 Å². The summed E-state index contributed by atoms with van der Waals surface area (Å²) >= 11 is 1.32. The number of aryl methyl sites for hydroxylation is 1. The molecule has 0 bridgehead atoms. The van der Waals surface area contributed by atoms with Gasteiger partial charge >= 0.3 is 0 Å². The maximum Gasteiger partial charge on any atom is 0.253 e. The third-order valence-corrected chi connectivity index (χ3v) is 7.84. The first kappa shape index (κ1) is 32.4. The van der Waals surface area contributed by atoms with E-state index in [9.17, 15) is 9.59 Å². The lowest BCUT2D eigenvalue weighted by molar-refractivity contribution is -0.115. The van der Waals surface area contributed by atoms with E-state index in [1.807, 2.05) is 41.3 Å². The molecule has 4 unspecified atom stereocenters. The smallest absolute Gasteiger partial charge is 0.253 e. The molecule has 0 saturated carbocycles. The Kier molecular flexibility index (Phi) is 13.0. The minimum Gasteiger partial charge on any atom is -0.379 e. The summed E-state index contributed by atoms with van der Waals surface area (Å²) in [5, 5.41) is 7.65. The highest BCUT2D eigenvalue weighted by molar-refractivity contribution is 7.14. The van der Waals surface area contributed by atoms with Crippen molar-refractivity contribution in [1.82, 2.24) is 19.9 Å². The number of aromatic nitrogens is 3. The summed E-state index contributed by atoms with van der Waals surface area (Å²) in [5.74, 6) is 0.172. The number of hydrogen-bond acceptors (Lipinski definition) is 7. The molecule has 0 spiro atoms. The van der Waals surface area contributed by atoms with Gasteiger partial charge in [0.2, 0.25) is 5.91 Å². The Hall–Kier alpha value is -3.08. The van der Waals surface area contributed by atoms with E-state index in [-0.39, 0.29) is 24.4 Å². The van der Waals surface area contributed by atoms with Crippen LogP contribution in [0.2, 0.25) is 0 Å². The second kappa shape index (κ2) is 16.4. The van der Waals surface area contributed by atoms with Gasteiger partial charge in [0, 0.05) is 30.1 Å².